The SMILES string of the molecule is Cc1cccc2c(Br)nc(CC3CCCCN3)n12. The number of pyridine rings is 1. The largest absolute Gasteiger partial charge is 0.314 e. The van der Waals surface area contributed by atoms with Crippen molar-refractivity contribution < 1.29 is 0 Å². The molecule has 0 aliphatic carbocycles. The van der Waals surface area contributed by atoms with Crippen molar-refractivity contribution >= 4 is 21.4 Å². The van der Waals surface area contributed by atoms with Crippen molar-refractivity contribution in [3.05, 3.63) is 34.3 Å². The minimum Gasteiger partial charge on any atom is -0.314 e. The molecule has 18 heavy (non-hydrogen) atoms. The van der Waals surface area contributed by atoms with Gasteiger partial charge in [0.1, 0.15) is 10.4 Å². The first kappa shape index (κ1) is 12.2. The zero-order chi connectivity index (χ0) is 12.5. The molecule has 0 spiro atoms. The van der Waals surface area contributed by atoms with Crippen molar-refractivity contribution in [3.8, 4) is 0 Å². The smallest absolute Gasteiger partial charge is 0.132 e. The van der Waals surface area contributed by atoms with Gasteiger partial charge in [-0.3, -0.25) is 4.40 Å². The molecule has 1 aliphatic rings. The summed E-state index contributed by atoms with van der Waals surface area (Å²) in [7, 11) is 0. The highest BCUT2D eigenvalue weighted by Crippen LogP contribution is 2.22. The molecule has 1 atom stereocenters. The van der Waals surface area contributed by atoms with E-state index in [1.165, 1.54) is 30.5 Å². The maximum absolute atomic E-state index is 4.68. The van der Waals surface area contributed by atoms with Gasteiger partial charge in [-0.05, 0) is 54.4 Å². The van der Waals surface area contributed by atoms with Crippen molar-refractivity contribution in [2.75, 3.05) is 6.54 Å². The van der Waals surface area contributed by atoms with Crippen LogP contribution < -0.4 is 5.32 Å². The molecule has 1 unspecified atom stereocenters. The fraction of sp³-hybridized carbons (Fsp3) is 0.500. The van der Waals surface area contributed by atoms with Crippen molar-refractivity contribution in [3.63, 3.8) is 0 Å². The molecule has 1 N–H and O–H groups in total. The molecule has 96 valence electrons. The third-order valence-electron chi connectivity index (χ3n) is 3.72. The topological polar surface area (TPSA) is 29.3 Å². The van der Waals surface area contributed by atoms with Gasteiger partial charge < -0.3 is 5.32 Å². The molecule has 4 heteroatoms. The highest BCUT2D eigenvalue weighted by molar-refractivity contribution is 9.10. The van der Waals surface area contributed by atoms with Crippen LogP contribution in [0.3, 0.4) is 0 Å². The third-order valence-corrected chi connectivity index (χ3v) is 4.31. The lowest BCUT2D eigenvalue weighted by Crippen LogP contribution is -2.36. The Morgan fingerprint density at radius 1 is 1.44 bits per heavy atom. The molecule has 0 radical (unpaired) electrons. The number of hydrogen-bond acceptors (Lipinski definition) is 2. The summed E-state index contributed by atoms with van der Waals surface area (Å²) in [6, 6.07) is 6.91. The van der Waals surface area contributed by atoms with Gasteiger partial charge in [-0.1, -0.05) is 12.5 Å². The van der Waals surface area contributed by atoms with E-state index in [0.717, 1.165) is 23.4 Å². The van der Waals surface area contributed by atoms with Gasteiger partial charge in [0.2, 0.25) is 0 Å². The summed E-state index contributed by atoms with van der Waals surface area (Å²) in [6.07, 6.45) is 4.92. The Kier molecular flexibility index (Phi) is 3.39. The number of nitrogens with one attached hydrogen (secondary N) is 1. The van der Waals surface area contributed by atoms with Gasteiger partial charge in [0.25, 0.3) is 0 Å². The molecule has 1 saturated heterocycles. The number of piperidine rings is 1. The van der Waals surface area contributed by atoms with E-state index in [0.29, 0.717) is 6.04 Å². The van der Waals surface area contributed by atoms with E-state index in [1.807, 2.05) is 0 Å². The average Bonchev–Trinajstić information content (AvgIpc) is 2.69. The lowest BCUT2D eigenvalue weighted by Gasteiger charge is -2.22. The van der Waals surface area contributed by atoms with Gasteiger partial charge in [-0.15, -0.1) is 0 Å². The summed E-state index contributed by atoms with van der Waals surface area (Å²) < 4.78 is 3.22. The highest BCUT2D eigenvalue weighted by atomic mass is 79.9. The molecule has 2 aromatic rings. The van der Waals surface area contributed by atoms with E-state index >= 15 is 0 Å². The van der Waals surface area contributed by atoms with Gasteiger partial charge in [0.05, 0.1) is 5.52 Å². The van der Waals surface area contributed by atoms with Crippen LogP contribution in [-0.2, 0) is 6.42 Å². The van der Waals surface area contributed by atoms with Crippen molar-refractivity contribution in [1.82, 2.24) is 14.7 Å². The maximum atomic E-state index is 4.68. The Labute approximate surface area is 116 Å². The van der Waals surface area contributed by atoms with E-state index in [9.17, 15) is 0 Å². The Morgan fingerprint density at radius 2 is 2.33 bits per heavy atom. The third kappa shape index (κ3) is 2.19. The molecule has 0 aromatic carbocycles. The van der Waals surface area contributed by atoms with Gasteiger partial charge in [-0.25, -0.2) is 4.98 Å². The van der Waals surface area contributed by atoms with Crippen LogP contribution in [0.25, 0.3) is 5.52 Å². The van der Waals surface area contributed by atoms with Crippen molar-refractivity contribution in [2.45, 2.75) is 38.6 Å². The number of aromatic nitrogens is 2. The fourth-order valence-corrected chi connectivity index (χ4v) is 3.31. The predicted octanol–water partition coefficient (Wildman–Crippen LogP) is 3.09. The van der Waals surface area contributed by atoms with Crippen LogP contribution in [0, 0.1) is 6.92 Å². The number of rotatable bonds is 2. The standard InChI is InChI=1S/C14H18BrN3/c1-10-5-4-7-12-14(15)17-13(18(10)12)9-11-6-2-3-8-16-11/h4-5,7,11,16H,2-3,6,8-9H2,1H3. The van der Waals surface area contributed by atoms with Crippen LogP contribution in [0.1, 0.15) is 30.8 Å². The molecule has 3 rings (SSSR count). The second-order valence-corrected chi connectivity index (χ2v) is 5.81. The quantitative estimate of drug-likeness (QED) is 0.924. The molecule has 1 fully saturated rings. The van der Waals surface area contributed by atoms with Crippen LogP contribution >= 0.6 is 15.9 Å². The lowest BCUT2D eigenvalue weighted by atomic mass is 10.0. The number of fused-ring (bicyclic) bond motifs is 1. The second-order valence-electron chi connectivity index (χ2n) is 5.06. The molecule has 3 heterocycles. The van der Waals surface area contributed by atoms with Crippen LogP contribution in [0.2, 0.25) is 0 Å². The number of hydrogen-bond donors (Lipinski definition) is 1. The number of halogens is 1. The first-order chi connectivity index (χ1) is 8.75. The average molecular weight is 308 g/mol. The van der Waals surface area contributed by atoms with E-state index in [2.05, 4.69) is 55.8 Å². The second kappa shape index (κ2) is 5.02. The summed E-state index contributed by atoms with van der Waals surface area (Å²) in [5.41, 5.74) is 2.41. The van der Waals surface area contributed by atoms with Crippen LogP contribution in [0.4, 0.5) is 0 Å². The first-order valence-electron chi connectivity index (χ1n) is 6.61. The molecule has 3 nitrogen and oxygen atoms in total. The first-order valence-corrected chi connectivity index (χ1v) is 7.41. The van der Waals surface area contributed by atoms with E-state index in [-0.39, 0.29) is 0 Å². The summed E-state index contributed by atoms with van der Waals surface area (Å²) in [5, 5.41) is 3.59. The van der Waals surface area contributed by atoms with Gasteiger partial charge in [0.15, 0.2) is 0 Å². The van der Waals surface area contributed by atoms with E-state index < -0.39 is 0 Å². The summed E-state index contributed by atoms with van der Waals surface area (Å²) in [5.74, 6) is 1.16. The Hall–Kier alpha value is -0.870. The molecule has 0 saturated carbocycles. The van der Waals surface area contributed by atoms with Crippen LogP contribution in [0.15, 0.2) is 22.8 Å². The Balaban J connectivity index is 1.96. The van der Waals surface area contributed by atoms with Crippen LogP contribution in [0.5, 0.6) is 0 Å². The zero-order valence-electron chi connectivity index (χ0n) is 10.6. The summed E-state index contributed by atoms with van der Waals surface area (Å²) >= 11 is 3.56. The van der Waals surface area contributed by atoms with Gasteiger partial charge in [-0.2, -0.15) is 0 Å². The minimum absolute atomic E-state index is 0.579. The Morgan fingerprint density at radius 3 is 3.11 bits per heavy atom. The molecule has 1 aliphatic heterocycles. The monoisotopic (exact) mass is 307 g/mol. The predicted molar refractivity (Wildman–Crippen MR) is 77.0 cm³/mol. The molecular weight excluding hydrogens is 290 g/mol. The molecular formula is C14H18BrN3. The van der Waals surface area contributed by atoms with Crippen LogP contribution in [-0.4, -0.2) is 22.0 Å². The zero-order valence-corrected chi connectivity index (χ0v) is 12.2. The molecule has 2 aromatic heterocycles. The minimum atomic E-state index is 0.579. The van der Waals surface area contributed by atoms with E-state index in [1.54, 1.807) is 0 Å². The fourth-order valence-electron chi connectivity index (χ4n) is 2.80. The maximum Gasteiger partial charge on any atom is 0.132 e. The van der Waals surface area contributed by atoms with Crippen molar-refractivity contribution in [1.29, 1.82) is 0 Å². The number of nitrogens with zero attached hydrogens (tertiary/aromatic N) is 2. The Bertz CT molecular complexity index is 555. The van der Waals surface area contributed by atoms with Gasteiger partial charge >= 0.3 is 0 Å². The normalized spacial score (nSPS) is 20.4. The summed E-state index contributed by atoms with van der Waals surface area (Å²) in [6.45, 7) is 3.28. The number of aryl methyl sites for hydroxylation is 1. The summed E-state index contributed by atoms with van der Waals surface area (Å²) in [4.78, 5) is 4.68. The molecule has 0 bridgehead atoms. The van der Waals surface area contributed by atoms with E-state index in [4.69, 9.17) is 0 Å². The lowest BCUT2D eigenvalue weighted by molar-refractivity contribution is 0.393. The molecule has 0 amide bonds. The van der Waals surface area contributed by atoms with Crippen molar-refractivity contribution in [2.24, 2.45) is 0 Å². The number of imidazole rings is 1. The highest BCUT2D eigenvalue weighted by Gasteiger charge is 2.17. The van der Waals surface area contributed by atoms with Gasteiger partial charge in [0, 0.05) is 18.2 Å².